The van der Waals surface area contributed by atoms with Gasteiger partial charge in [-0.25, -0.2) is 9.07 Å². The number of halogens is 2. The number of phenols is 1. The Morgan fingerprint density at radius 1 is 1.05 bits per heavy atom. The first-order valence-corrected chi connectivity index (χ1v) is 6.87. The molecule has 1 atom stereocenters. The van der Waals surface area contributed by atoms with Crippen molar-refractivity contribution in [1.29, 1.82) is 0 Å². The summed E-state index contributed by atoms with van der Waals surface area (Å²) < 4.78 is 15.2. The zero-order valence-electron chi connectivity index (χ0n) is 11.3. The van der Waals surface area contributed by atoms with Gasteiger partial charge in [-0.15, -0.1) is 10.2 Å². The molecule has 0 aliphatic carbocycles. The average Bonchev–Trinajstić information content (AvgIpc) is 3.02. The highest BCUT2D eigenvalue weighted by molar-refractivity contribution is 6.31. The monoisotopic (exact) mass is 318 g/mol. The Labute approximate surface area is 131 Å². The Hall–Kier alpha value is -2.60. The molecule has 5 nitrogen and oxygen atoms in total. The molecular formula is C15H12ClFN4O. The average molecular weight is 319 g/mol. The van der Waals surface area contributed by atoms with Gasteiger partial charge in [0.2, 0.25) is 0 Å². The molecule has 22 heavy (non-hydrogen) atoms. The molecular weight excluding hydrogens is 307 g/mol. The molecule has 0 bridgehead atoms. The van der Waals surface area contributed by atoms with Crippen LogP contribution in [0.5, 0.6) is 5.75 Å². The van der Waals surface area contributed by atoms with Gasteiger partial charge in [0.1, 0.15) is 12.7 Å². The molecule has 2 N–H and O–H groups in total. The summed E-state index contributed by atoms with van der Waals surface area (Å²) in [5, 5.41) is 18.0. The number of benzene rings is 2. The van der Waals surface area contributed by atoms with Crippen molar-refractivity contribution in [3.8, 4) is 5.75 Å². The predicted octanol–water partition coefficient (Wildman–Crippen LogP) is 3.11. The van der Waals surface area contributed by atoms with Gasteiger partial charge in [-0.2, -0.15) is 0 Å². The van der Waals surface area contributed by atoms with Crippen molar-refractivity contribution in [2.75, 3.05) is 5.43 Å². The van der Waals surface area contributed by atoms with E-state index in [1.54, 1.807) is 24.3 Å². The van der Waals surface area contributed by atoms with Gasteiger partial charge in [0, 0.05) is 10.6 Å². The smallest absolute Gasteiger partial charge is 0.165 e. The molecule has 0 radical (unpaired) electrons. The number of rotatable bonds is 4. The van der Waals surface area contributed by atoms with E-state index in [0.29, 0.717) is 16.1 Å². The molecule has 0 unspecified atom stereocenters. The first-order chi connectivity index (χ1) is 10.7. The molecule has 7 heteroatoms. The maximum Gasteiger partial charge on any atom is 0.165 e. The normalized spacial score (nSPS) is 12.1. The van der Waals surface area contributed by atoms with Gasteiger partial charge in [0.25, 0.3) is 0 Å². The molecule has 0 spiro atoms. The van der Waals surface area contributed by atoms with Crippen LogP contribution in [0.1, 0.15) is 17.2 Å². The van der Waals surface area contributed by atoms with Crippen molar-refractivity contribution in [1.82, 2.24) is 14.9 Å². The number of aromatic hydroxyl groups is 1. The maximum absolute atomic E-state index is 13.7. The van der Waals surface area contributed by atoms with E-state index in [2.05, 4.69) is 15.6 Å². The standard InChI is InChI=1S/C15H12ClFN4O/c16-12-6-2-1-4-10(12)14(20-21-8-18-19-9-21)11-5-3-7-13(17)15(11)22/h1-9,14,20,22H/t14-/m1/s1. The fourth-order valence-electron chi connectivity index (χ4n) is 2.20. The first-order valence-electron chi connectivity index (χ1n) is 6.50. The number of nitrogens with zero attached hydrogens (tertiary/aromatic N) is 3. The van der Waals surface area contributed by atoms with Crippen molar-refractivity contribution in [3.05, 3.63) is 77.1 Å². The summed E-state index contributed by atoms with van der Waals surface area (Å²) >= 11 is 6.25. The lowest BCUT2D eigenvalue weighted by molar-refractivity contribution is 0.423. The van der Waals surface area contributed by atoms with E-state index in [1.807, 2.05) is 6.07 Å². The van der Waals surface area contributed by atoms with Gasteiger partial charge >= 0.3 is 0 Å². The van der Waals surface area contributed by atoms with E-state index < -0.39 is 17.6 Å². The summed E-state index contributed by atoms with van der Waals surface area (Å²) in [7, 11) is 0. The highest BCUT2D eigenvalue weighted by Crippen LogP contribution is 2.34. The summed E-state index contributed by atoms with van der Waals surface area (Å²) in [6, 6.07) is 10.9. The number of phenolic OH excluding ortho intramolecular Hbond substituents is 1. The van der Waals surface area contributed by atoms with Gasteiger partial charge in [0.15, 0.2) is 11.6 Å². The quantitative estimate of drug-likeness (QED) is 0.776. The van der Waals surface area contributed by atoms with Crippen molar-refractivity contribution in [2.45, 2.75) is 6.04 Å². The second-order valence-electron chi connectivity index (χ2n) is 4.63. The van der Waals surface area contributed by atoms with E-state index in [4.69, 9.17) is 11.6 Å². The Morgan fingerprint density at radius 2 is 1.73 bits per heavy atom. The molecule has 0 fully saturated rings. The van der Waals surface area contributed by atoms with Gasteiger partial charge < -0.3 is 10.5 Å². The van der Waals surface area contributed by atoms with Crippen LogP contribution in [0.3, 0.4) is 0 Å². The van der Waals surface area contributed by atoms with Crippen LogP contribution < -0.4 is 5.43 Å². The number of para-hydroxylation sites is 1. The number of hydrogen-bond donors (Lipinski definition) is 2. The predicted molar refractivity (Wildman–Crippen MR) is 80.7 cm³/mol. The number of hydrogen-bond acceptors (Lipinski definition) is 4. The third kappa shape index (κ3) is 2.73. The highest BCUT2D eigenvalue weighted by Gasteiger charge is 2.21. The van der Waals surface area contributed by atoms with E-state index in [-0.39, 0.29) is 0 Å². The minimum absolute atomic E-state index is 0.363. The van der Waals surface area contributed by atoms with Crippen LogP contribution in [0.2, 0.25) is 5.02 Å². The summed E-state index contributed by atoms with van der Waals surface area (Å²) in [5.74, 6) is -1.12. The molecule has 1 aromatic heterocycles. The second kappa shape index (κ2) is 6.03. The molecule has 0 amide bonds. The third-order valence-corrected chi connectivity index (χ3v) is 3.59. The summed E-state index contributed by atoms with van der Waals surface area (Å²) in [5.41, 5.74) is 4.14. The lowest BCUT2D eigenvalue weighted by Crippen LogP contribution is -2.21. The lowest BCUT2D eigenvalue weighted by Gasteiger charge is -2.22. The van der Waals surface area contributed by atoms with Crippen LogP contribution in [0.25, 0.3) is 0 Å². The third-order valence-electron chi connectivity index (χ3n) is 3.24. The highest BCUT2D eigenvalue weighted by atomic mass is 35.5. The number of aromatic nitrogens is 3. The molecule has 0 saturated carbocycles. The van der Waals surface area contributed by atoms with Crippen molar-refractivity contribution in [2.24, 2.45) is 0 Å². The van der Waals surface area contributed by atoms with Gasteiger partial charge in [0.05, 0.1) is 6.04 Å². The van der Waals surface area contributed by atoms with E-state index >= 15 is 0 Å². The van der Waals surface area contributed by atoms with E-state index in [0.717, 1.165) is 0 Å². The fourth-order valence-corrected chi connectivity index (χ4v) is 2.44. The van der Waals surface area contributed by atoms with Crippen molar-refractivity contribution < 1.29 is 9.50 Å². The van der Waals surface area contributed by atoms with Crippen LogP contribution in [0.15, 0.2) is 55.1 Å². The minimum Gasteiger partial charge on any atom is -0.505 e. The maximum atomic E-state index is 13.7. The van der Waals surface area contributed by atoms with E-state index in [1.165, 1.54) is 29.5 Å². The summed E-state index contributed by atoms with van der Waals surface area (Å²) in [6.45, 7) is 0. The molecule has 0 aliphatic rings. The second-order valence-corrected chi connectivity index (χ2v) is 5.04. The fraction of sp³-hybridized carbons (Fsp3) is 0.0667. The molecule has 1 heterocycles. The Kier molecular flexibility index (Phi) is 3.93. The van der Waals surface area contributed by atoms with Crippen LogP contribution in [0.4, 0.5) is 4.39 Å². The van der Waals surface area contributed by atoms with Crippen LogP contribution in [-0.2, 0) is 0 Å². The van der Waals surface area contributed by atoms with Gasteiger partial charge in [-0.1, -0.05) is 41.9 Å². The zero-order valence-corrected chi connectivity index (χ0v) is 12.1. The van der Waals surface area contributed by atoms with Crippen molar-refractivity contribution >= 4 is 11.6 Å². The number of nitrogens with one attached hydrogen (secondary N) is 1. The molecule has 3 aromatic rings. The summed E-state index contributed by atoms with van der Waals surface area (Å²) in [4.78, 5) is 0. The van der Waals surface area contributed by atoms with Crippen LogP contribution >= 0.6 is 11.6 Å². The minimum atomic E-state index is -0.694. The lowest BCUT2D eigenvalue weighted by atomic mass is 9.98. The van der Waals surface area contributed by atoms with Gasteiger partial charge in [-0.05, 0) is 17.7 Å². The zero-order chi connectivity index (χ0) is 15.5. The molecule has 0 saturated heterocycles. The molecule has 112 valence electrons. The van der Waals surface area contributed by atoms with Crippen LogP contribution in [0, 0.1) is 5.82 Å². The SMILES string of the molecule is Oc1c(F)cccc1[C@H](Nn1cnnc1)c1ccccc1Cl. The Balaban J connectivity index is 2.10. The van der Waals surface area contributed by atoms with Gasteiger partial charge in [-0.3, -0.25) is 0 Å². The van der Waals surface area contributed by atoms with Crippen LogP contribution in [-0.4, -0.2) is 20.0 Å². The Bertz CT molecular complexity index is 779. The largest absolute Gasteiger partial charge is 0.505 e. The molecule has 3 rings (SSSR count). The molecule has 2 aromatic carbocycles. The first kappa shape index (κ1) is 14.3. The van der Waals surface area contributed by atoms with Crippen molar-refractivity contribution in [3.63, 3.8) is 0 Å². The molecule has 0 aliphatic heterocycles. The Morgan fingerprint density at radius 3 is 2.45 bits per heavy atom. The topological polar surface area (TPSA) is 63.0 Å². The summed E-state index contributed by atoms with van der Waals surface area (Å²) in [6.07, 6.45) is 2.92. The van der Waals surface area contributed by atoms with E-state index in [9.17, 15) is 9.50 Å².